The molecule has 0 radical (unpaired) electrons. The first kappa shape index (κ1) is 23.2. The van der Waals surface area contributed by atoms with Crippen LogP contribution in [0, 0.1) is 0 Å². The van der Waals surface area contributed by atoms with Gasteiger partial charge in [0.15, 0.2) is 11.5 Å². The average Bonchev–Trinajstić information content (AvgIpc) is 3.21. The van der Waals surface area contributed by atoms with Crippen molar-refractivity contribution in [2.24, 2.45) is 0 Å². The van der Waals surface area contributed by atoms with Crippen molar-refractivity contribution in [3.05, 3.63) is 84.2 Å². The van der Waals surface area contributed by atoms with Crippen LogP contribution in [0.3, 0.4) is 0 Å². The van der Waals surface area contributed by atoms with Gasteiger partial charge in [-0.05, 0) is 48.4 Å². The highest BCUT2D eigenvalue weighted by Crippen LogP contribution is 2.29. The van der Waals surface area contributed by atoms with Crippen molar-refractivity contribution in [2.75, 3.05) is 13.7 Å². The number of imidazole rings is 1. The number of alkyl halides is 2. The second-order valence-electron chi connectivity index (χ2n) is 7.65. The Bertz CT molecular complexity index is 1260. The molecule has 1 aromatic heterocycles. The number of para-hydroxylation sites is 3. The van der Waals surface area contributed by atoms with Crippen LogP contribution in [0.2, 0.25) is 0 Å². The lowest BCUT2D eigenvalue weighted by molar-refractivity contribution is -0.121. The highest BCUT2D eigenvalue weighted by Gasteiger charge is 2.14. The number of nitrogens with one attached hydrogen (secondary N) is 1. The number of carbonyl (C=O) groups excluding carboxylic acids is 1. The fraction of sp³-hybridized carbons (Fsp3) is 0.231. The van der Waals surface area contributed by atoms with Crippen LogP contribution in [0.1, 0.15) is 17.8 Å². The quantitative estimate of drug-likeness (QED) is 0.361. The lowest BCUT2D eigenvalue weighted by atomic mass is 10.1. The predicted molar refractivity (Wildman–Crippen MR) is 126 cm³/mol. The number of hydrogen-bond donors (Lipinski definition) is 1. The van der Waals surface area contributed by atoms with E-state index in [0.717, 1.165) is 28.1 Å². The molecule has 0 aliphatic carbocycles. The van der Waals surface area contributed by atoms with Crippen LogP contribution >= 0.6 is 0 Å². The third-order valence-electron chi connectivity index (χ3n) is 5.40. The van der Waals surface area contributed by atoms with Gasteiger partial charge in [-0.2, -0.15) is 8.78 Å². The third-order valence-corrected chi connectivity index (χ3v) is 5.40. The molecule has 0 bridgehead atoms. The maximum Gasteiger partial charge on any atom is 0.387 e. The zero-order chi connectivity index (χ0) is 23.9. The number of halogens is 2. The van der Waals surface area contributed by atoms with E-state index in [1.54, 1.807) is 12.1 Å². The van der Waals surface area contributed by atoms with E-state index >= 15 is 0 Å². The largest absolute Gasteiger partial charge is 0.493 e. The van der Waals surface area contributed by atoms with Gasteiger partial charge >= 0.3 is 6.61 Å². The Morgan fingerprint density at radius 2 is 1.76 bits per heavy atom. The van der Waals surface area contributed by atoms with Gasteiger partial charge in [0.05, 0.1) is 18.1 Å². The summed E-state index contributed by atoms with van der Waals surface area (Å²) >= 11 is 0. The van der Waals surface area contributed by atoms with Gasteiger partial charge in [-0.1, -0.05) is 36.4 Å². The standard InChI is InChI=1S/C26H25F2N3O3/c1-33-22-12-11-18(17-23(22)34-26(27)28)15-16-29-25(32)14-13-24-30-20-9-5-6-10-21(20)31(24)19-7-3-2-4-8-19/h2-12,17,26H,13-16H2,1H3,(H,29,32). The van der Waals surface area contributed by atoms with E-state index in [0.29, 0.717) is 19.4 Å². The summed E-state index contributed by atoms with van der Waals surface area (Å²) in [5.41, 5.74) is 3.61. The maximum atomic E-state index is 12.6. The minimum Gasteiger partial charge on any atom is -0.493 e. The van der Waals surface area contributed by atoms with Gasteiger partial charge in [0.2, 0.25) is 5.91 Å². The Balaban J connectivity index is 1.37. The molecule has 4 rings (SSSR count). The summed E-state index contributed by atoms with van der Waals surface area (Å²) in [6.45, 7) is -2.57. The van der Waals surface area contributed by atoms with Crippen LogP contribution < -0.4 is 14.8 Å². The van der Waals surface area contributed by atoms with Crippen LogP contribution in [-0.4, -0.2) is 35.7 Å². The van der Waals surface area contributed by atoms with Crippen LogP contribution in [-0.2, 0) is 17.6 Å². The first-order valence-electron chi connectivity index (χ1n) is 11.0. The zero-order valence-electron chi connectivity index (χ0n) is 18.7. The van der Waals surface area contributed by atoms with Crippen LogP contribution in [0.25, 0.3) is 16.7 Å². The second-order valence-corrected chi connectivity index (χ2v) is 7.65. The van der Waals surface area contributed by atoms with Crippen LogP contribution in [0.5, 0.6) is 11.5 Å². The van der Waals surface area contributed by atoms with Gasteiger partial charge in [0.1, 0.15) is 5.82 Å². The molecule has 34 heavy (non-hydrogen) atoms. The molecule has 0 saturated heterocycles. The molecule has 0 unspecified atom stereocenters. The van der Waals surface area contributed by atoms with E-state index in [9.17, 15) is 13.6 Å². The lowest BCUT2D eigenvalue weighted by Crippen LogP contribution is -2.26. The molecule has 0 aliphatic heterocycles. The van der Waals surface area contributed by atoms with Crippen molar-refractivity contribution in [2.45, 2.75) is 25.9 Å². The highest BCUT2D eigenvalue weighted by atomic mass is 19.3. The van der Waals surface area contributed by atoms with E-state index in [1.165, 1.54) is 13.2 Å². The number of ether oxygens (including phenoxy) is 2. The number of rotatable bonds is 10. The molecule has 6 nitrogen and oxygen atoms in total. The molecule has 1 N–H and O–H groups in total. The van der Waals surface area contributed by atoms with Crippen molar-refractivity contribution < 1.29 is 23.0 Å². The Hall–Kier alpha value is -3.94. The first-order valence-corrected chi connectivity index (χ1v) is 11.0. The molecule has 176 valence electrons. The number of amides is 1. The second kappa shape index (κ2) is 10.8. The van der Waals surface area contributed by atoms with Gasteiger partial charge in [-0.25, -0.2) is 4.98 Å². The van der Waals surface area contributed by atoms with Gasteiger partial charge in [0.25, 0.3) is 0 Å². The van der Waals surface area contributed by atoms with Crippen LogP contribution in [0.15, 0.2) is 72.8 Å². The number of carbonyl (C=O) groups is 1. The number of aryl methyl sites for hydroxylation is 1. The fourth-order valence-corrected chi connectivity index (χ4v) is 3.83. The first-order chi connectivity index (χ1) is 16.5. The molecule has 0 saturated carbocycles. The third kappa shape index (κ3) is 5.51. The molecule has 1 heterocycles. The summed E-state index contributed by atoms with van der Waals surface area (Å²) in [6, 6.07) is 22.6. The summed E-state index contributed by atoms with van der Waals surface area (Å²) in [7, 11) is 1.39. The number of methoxy groups -OCH3 is 1. The zero-order valence-corrected chi connectivity index (χ0v) is 18.7. The number of aromatic nitrogens is 2. The van der Waals surface area contributed by atoms with E-state index in [4.69, 9.17) is 9.72 Å². The Labute approximate surface area is 196 Å². The Kier molecular flexibility index (Phi) is 7.37. The lowest BCUT2D eigenvalue weighted by Gasteiger charge is -2.12. The minimum absolute atomic E-state index is 0.0267. The summed E-state index contributed by atoms with van der Waals surface area (Å²) in [5, 5.41) is 2.89. The molecule has 0 fully saturated rings. The monoisotopic (exact) mass is 465 g/mol. The fourth-order valence-electron chi connectivity index (χ4n) is 3.83. The van der Waals surface area contributed by atoms with Gasteiger partial charge in [-0.3, -0.25) is 9.36 Å². The normalized spacial score (nSPS) is 11.1. The predicted octanol–water partition coefficient (Wildman–Crippen LogP) is 4.93. The van der Waals surface area contributed by atoms with Crippen molar-refractivity contribution in [1.82, 2.24) is 14.9 Å². The number of fused-ring (bicyclic) bond motifs is 1. The minimum atomic E-state index is -2.94. The molecule has 0 spiro atoms. The Morgan fingerprint density at radius 3 is 2.53 bits per heavy atom. The molecular weight excluding hydrogens is 440 g/mol. The molecule has 1 amide bonds. The summed E-state index contributed by atoms with van der Waals surface area (Å²) in [6.07, 6.45) is 1.22. The average molecular weight is 466 g/mol. The van der Waals surface area contributed by atoms with Crippen LogP contribution in [0.4, 0.5) is 8.78 Å². The maximum absolute atomic E-state index is 12.6. The SMILES string of the molecule is COc1ccc(CCNC(=O)CCc2nc3ccccc3n2-c2ccccc2)cc1OC(F)F. The molecule has 0 aliphatic rings. The van der Waals surface area contributed by atoms with E-state index in [1.807, 2.05) is 54.6 Å². The van der Waals surface area contributed by atoms with Crippen molar-refractivity contribution >= 4 is 16.9 Å². The van der Waals surface area contributed by atoms with E-state index in [2.05, 4.69) is 14.6 Å². The number of benzene rings is 3. The summed E-state index contributed by atoms with van der Waals surface area (Å²) in [5.74, 6) is 0.909. The van der Waals surface area contributed by atoms with E-state index < -0.39 is 6.61 Å². The summed E-state index contributed by atoms with van der Waals surface area (Å²) in [4.78, 5) is 17.2. The molecule has 4 aromatic rings. The molecular formula is C26H25F2N3O3. The number of nitrogens with zero attached hydrogens (tertiary/aromatic N) is 2. The van der Waals surface area contributed by atoms with Gasteiger partial charge in [-0.15, -0.1) is 0 Å². The highest BCUT2D eigenvalue weighted by molar-refractivity contribution is 5.79. The van der Waals surface area contributed by atoms with E-state index in [-0.39, 0.29) is 23.8 Å². The number of hydrogen-bond acceptors (Lipinski definition) is 4. The van der Waals surface area contributed by atoms with Crippen molar-refractivity contribution in [1.29, 1.82) is 0 Å². The Morgan fingerprint density at radius 1 is 1.00 bits per heavy atom. The topological polar surface area (TPSA) is 65.4 Å². The van der Waals surface area contributed by atoms with Gasteiger partial charge in [0, 0.05) is 25.1 Å². The van der Waals surface area contributed by atoms with Gasteiger partial charge < -0.3 is 14.8 Å². The van der Waals surface area contributed by atoms with Crippen molar-refractivity contribution in [3.8, 4) is 17.2 Å². The smallest absolute Gasteiger partial charge is 0.387 e. The molecule has 3 aromatic carbocycles. The summed E-state index contributed by atoms with van der Waals surface area (Å²) < 4.78 is 36.9. The molecule has 8 heteroatoms. The van der Waals surface area contributed by atoms with Crippen molar-refractivity contribution in [3.63, 3.8) is 0 Å². The molecule has 0 atom stereocenters.